The van der Waals surface area contributed by atoms with Crippen LogP contribution in [0.5, 0.6) is 0 Å². The molecule has 0 aliphatic rings. The van der Waals surface area contributed by atoms with E-state index in [-0.39, 0.29) is 17.7 Å². The van der Waals surface area contributed by atoms with Gasteiger partial charge in [0, 0.05) is 10.2 Å². The van der Waals surface area contributed by atoms with Crippen LogP contribution in [-0.2, 0) is 0 Å². The van der Waals surface area contributed by atoms with Gasteiger partial charge in [-0.1, -0.05) is 0 Å². The van der Waals surface area contributed by atoms with Crippen LogP contribution in [0, 0.1) is 11.6 Å². The van der Waals surface area contributed by atoms with Crippen molar-refractivity contribution >= 4 is 21.6 Å². The molecule has 0 radical (unpaired) electrons. The van der Waals surface area contributed by atoms with Gasteiger partial charge in [0.05, 0.1) is 17.9 Å². The molecule has 0 bridgehead atoms. The molecule has 0 saturated heterocycles. The van der Waals surface area contributed by atoms with Crippen LogP contribution in [0.2, 0.25) is 0 Å². The molecule has 1 aromatic carbocycles. The molecular formula is C13H11BrF2N2. The number of hydrogen-bond acceptors (Lipinski definition) is 2. The average Bonchev–Trinajstić information content (AvgIpc) is 2.33. The van der Waals surface area contributed by atoms with Crippen molar-refractivity contribution in [2.45, 2.75) is 13.0 Å². The lowest BCUT2D eigenvalue weighted by atomic mass is 10.2. The number of pyridine rings is 1. The van der Waals surface area contributed by atoms with E-state index in [9.17, 15) is 8.78 Å². The molecule has 0 fully saturated rings. The van der Waals surface area contributed by atoms with Gasteiger partial charge in [0.25, 0.3) is 0 Å². The molecule has 1 heterocycles. The fraction of sp³-hybridized carbons (Fsp3) is 0.154. The number of nitrogens with one attached hydrogen (secondary N) is 1. The van der Waals surface area contributed by atoms with Gasteiger partial charge in [0.15, 0.2) is 0 Å². The third-order valence-corrected chi connectivity index (χ3v) is 3.15. The molecule has 2 nitrogen and oxygen atoms in total. The van der Waals surface area contributed by atoms with E-state index >= 15 is 0 Å². The Labute approximate surface area is 112 Å². The number of anilines is 1. The lowest BCUT2D eigenvalue weighted by Crippen LogP contribution is -2.09. The van der Waals surface area contributed by atoms with Crippen molar-refractivity contribution in [1.82, 2.24) is 4.98 Å². The van der Waals surface area contributed by atoms with Crippen molar-refractivity contribution < 1.29 is 8.78 Å². The van der Waals surface area contributed by atoms with Crippen LogP contribution in [0.25, 0.3) is 0 Å². The Morgan fingerprint density at radius 1 is 1.17 bits per heavy atom. The van der Waals surface area contributed by atoms with Gasteiger partial charge in [-0.3, -0.25) is 4.98 Å². The van der Waals surface area contributed by atoms with E-state index < -0.39 is 0 Å². The van der Waals surface area contributed by atoms with Crippen LogP contribution in [0.1, 0.15) is 18.7 Å². The molecule has 0 aliphatic heterocycles. The first-order chi connectivity index (χ1) is 8.56. The monoisotopic (exact) mass is 312 g/mol. The highest BCUT2D eigenvalue weighted by Crippen LogP contribution is 2.26. The first-order valence-electron chi connectivity index (χ1n) is 5.39. The van der Waals surface area contributed by atoms with Crippen LogP contribution in [0.4, 0.5) is 14.5 Å². The smallest absolute Gasteiger partial charge is 0.141 e. The Bertz CT molecular complexity index is 543. The highest BCUT2D eigenvalue weighted by molar-refractivity contribution is 9.10. The van der Waals surface area contributed by atoms with Gasteiger partial charge in [-0.25, -0.2) is 8.78 Å². The van der Waals surface area contributed by atoms with E-state index in [4.69, 9.17) is 0 Å². The SMILES string of the molecule is CC(Nc1ccc(F)cc1Br)c1ccc(F)cn1. The Morgan fingerprint density at radius 2 is 1.89 bits per heavy atom. The molecule has 0 aliphatic carbocycles. The molecule has 0 saturated carbocycles. The predicted octanol–water partition coefficient (Wildman–Crippen LogP) is 4.30. The lowest BCUT2D eigenvalue weighted by Gasteiger charge is -2.16. The zero-order valence-electron chi connectivity index (χ0n) is 9.62. The number of rotatable bonds is 3. The normalized spacial score (nSPS) is 12.2. The average molecular weight is 313 g/mol. The summed E-state index contributed by atoms with van der Waals surface area (Å²) in [5.74, 6) is -0.672. The zero-order chi connectivity index (χ0) is 13.1. The maximum absolute atomic E-state index is 12.9. The third-order valence-electron chi connectivity index (χ3n) is 2.50. The minimum Gasteiger partial charge on any atom is -0.376 e. The van der Waals surface area contributed by atoms with Crippen molar-refractivity contribution in [1.29, 1.82) is 0 Å². The summed E-state index contributed by atoms with van der Waals surface area (Å²) in [5.41, 5.74) is 1.47. The van der Waals surface area contributed by atoms with Crippen molar-refractivity contribution in [3.05, 3.63) is 58.3 Å². The molecule has 0 spiro atoms. The Kier molecular flexibility index (Phi) is 3.91. The number of aromatic nitrogens is 1. The van der Waals surface area contributed by atoms with E-state index in [2.05, 4.69) is 26.2 Å². The molecule has 94 valence electrons. The maximum atomic E-state index is 12.9. The van der Waals surface area contributed by atoms with Gasteiger partial charge in [-0.2, -0.15) is 0 Å². The summed E-state index contributed by atoms with van der Waals surface area (Å²) < 4.78 is 26.3. The summed E-state index contributed by atoms with van der Waals surface area (Å²) in [5, 5.41) is 3.17. The van der Waals surface area contributed by atoms with E-state index in [0.717, 1.165) is 5.69 Å². The Balaban J connectivity index is 2.15. The summed E-state index contributed by atoms with van der Waals surface area (Å²) in [6.45, 7) is 1.90. The van der Waals surface area contributed by atoms with E-state index in [1.165, 1.54) is 24.4 Å². The van der Waals surface area contributed by atoms with Gasteiger partial charge in [0.1, 0.15) is 11.6 Å². The van der Waals surface area contributed by atoms with Crippen LogP contribution >= 0.6 is 15.9 Å². The van der Waals surface area contributed by atoms with Crippen molar-refractivity contribution in [2.24, 2.45) is 0 Å². The summed E-state index contributed by atoms with van der Waals surface area (Å²) in [7, 11) is 0. The molecule has 5 heteroatoms. The minimum atomic E-state index is -0.367. The second-order valence-electron chi connectivity index (χ2n) is 3.89. The van der Waals surface area contributed by atoms with Gasteiger partial charge >= 0.3 is 0 Å². The summed E-state index contributed by atoms with van der Waals surface area (Å²) >= 11 is 3.28. The quantitative estimate of drug-likeness (QED) is 0.914. The first-order valence-corrected chi connectivity index (χ1v) is 6.18. The molecule has 1 N–H and O–H groups in total. The van der Waals surface area contributed by atoms with Gasteiger partial charge < -0.3 is 5.32 Å². The van der Waals surface area contributed by atoms with Gasteiger partial charge in [-0.05, 0) is 53.2 Å². The maximum Gasteiger partial charge on any atom is 0.141 e. The molecule has 0 amide bonds. The zero-order valence-corrected chi connectivity index (χ0v) is 11.2. The molecule has 1 atom stereocenters. The Hall–Kier alpha value is -1.49. The van der Waals surface area contributed by atoms with Gasteiger partial charge in [-0.15, -0.1) is 0 Å². The molecule has 18 heavy (non-hydrogen) atoms. The van der Waals surface area contributed by atoms with Crippen LogP contribution in [0.3, 0.4) is 0 Å². The van der Waals surface area contributed by atoms with E-state index in [1.54, 1.807) is 12.1 Å². The fourth-order valence-corrected chi connectivity index (χ4v) is 2.02. The van der Waals surface area contributed by atoms with Crippen molar-refractivity contribution in [3.63, 3.8) is 0 Å². The largest absolute Gasteiger partial charge is 0.376 e. The molecular weight excluding hydrogens is 302 g/mol. The van der Waals surface area contributed by atoms with Gasteiger partial charge in [0.2, 0.25) is 0 Å². The fourth-order valence-electron chi connectivity index (χ4n) is 1.56. The van der Waals surface area contributed by atoms with Crippen LogP contribution in [-0.4, -0.2) is 4.98 Å². The molecule has 1 aromatic heterocycles. The summed E-state index contributed by atoms with van der Waals surface area (Å²) in [6, 6.07) is 7.27. The molecule has 1 unspecified atom stereocenters. The van der Waals surface area contributed by atoms with Crippen LogP contribution < -0.4 is 5.32 Å². The number of benzene rings is 1. The highest BCUT2D eigenvalue weighted by atomic mass is 79.9. The molecule has 2 aromatic rings. The lowest BCUT2D eigenvalue weighted by molar-refractivity contribution is 0.617. The number of hydrogen-bond donors (Lipinski definition) is 1. The number of nitrogens with zero attached hydrogens (tertiary/aromatic N) is 1. The van der Waals surface area contributed by atoms with E-state index in [1.807, 2.05) is 6.92 Å². The second kappa shape index (κ2) is 5.44. The summed E-state index contributed by atoms with van der Waals surface area (Å²) in [6.07, 6.45) is 1.17. The summed E-state index contributed by atoms with van der Waals surface area (Å²) in [4.78, 5) is 3.99. The Morgan fingerprint density at radius 3 is 2.50 bits per heavy atom. The van der Waals surface area contributed by atoms with Crippen LogP contribution in [0.15, 0.2) is 41.0 Å². The number of halogens is 3. The minimum absolute atomic E-state index is 0.104. The van der Waals surface area contributed by atoms with Crippen molar-refractivity contribution in [3.8, 4) is 0 Å². The highest BCUT2D eigenvalue weighted by Gasteiger charge is 2.09. The van der Waals surface area contributed by atoms with E-state index in [0.29, 0.717) is 10.2 Å². The standard InChI is InChI=1S/C13H11BrF2N2/c1-8(12-4-3-10(16)7-17-12)18-13-5-2-9(15)6-11(13)14/h2-8,18H,1H3. The van der Waals surface area contributed by atoms with Crippen molar-refractivity contribution in [2.75, 3.05) is 5.32 Å². The third kappa shape index (κ3) is 3.04. The topological polar surface area (TPSA) is 24.9 Å². The first kappa shape index (κ1) is 13.0. The molecule has 2 rings (SSSR count). The predicted molar refractivity (Wildman–Crippen MR) is 70.3 cm³/mol. The second-order valence-corrected chi connectivity index (χ2v) is 4.75.